The van der Waals surface area contributed by atoms with Gasteiger partial charge in [0.25, 0.3) is 0 Å². The maximum absolute atomic E-state index is 4.26. The standard InChI is InChI=1S/C14H20BrN3S.HI/c1-16-14(18-10-13-3-2-8-19-13)17-9-11-4-6-12(15)7-5-11;/h4-7,13H,2-3,8-10H2,1H3,(H2,16,17,18);1H. The first-order valence-electron chi connectivity index (χ1n) is 6.58. The number of guanidine groups is 1. The molecule has 0 amide bonds. The fourth-order valence-corrected chi connectivity index (χ4v) is 3.49. The van der Waals surface area contributed by atoms with E-state index in [1.54, 1.807) is 0 Å². The molecule has 0 saturated carbocycles. The van der Waals surface area contributed by atoms with E-state index in [9.17, 15) is 0 Å². The summed E-state index contributed by atoms with van der Waals surface area (Å²) in [5.41, 5.74) is 1.25. The lowest BCUT2D eigenvalue weighted by molar-refractivity contribution is 0.726. The Kier molecular flexibility index (Phi) is 8.95. The molecule has 1 aliphatic rings. The van der Waals surface area contributed by atoms with Crippen molar-refractivity contribution in [1.82, 2.24) is 10.6 Å². The van der Waals surface area contributed by atoms with Crippen molar-refractivity contribution in [2.24, 2.45) is 4.99 Å². The molecule has 3 nitrogen and oxygen atoms in total. The molecule has 20 heavy (non-hydrogen) atoms. The van der Waals surface area contributed by atoms with Crippen molar-refractivity contribution in [1.29, 1.82) is 0 Å². The van der Waals surface area contributed by atoms with Crippen LogP contribution in [0.5, 0.6) is 0 Å². The highest BCUT2D eigenvalue weighted by Crippen LogP contribution is 2.25. The second kappa shape index (κ2) is 9.89. The van der Waals surface area contributed by atoms with E-state index in [0.29, 0.717) is 0 Å². The number of hydrogen-bond acceptors (Lipinski definition) is 2. The Bertz CT molecular complexity index is 419. The highest BCUT2D eigenvalue weighted by molar-refractivity contribution is 14.0. The third-order valence-electron chi connectivity index (χ3n) is 3.12. The van der Waals surface area contributed by atoms with Gasteiger partial charge in [-0.25, -0.2) is 0 Å². The number of hydrogen-bond donors (Lipinski definition) is 2. The summed E-state index contributed by atoms with van der Waals surface area (Å²) < 4.78 is 1.11. The summed E-state index contributed by atoms with van der Waals surface area (Å²) in [5, 5.41) is 7.49. The zero-order chi connectivity index (χ0) is 13.5. The number of aliphatic imine (C=N–C) groups is 1. The Morgan fingerprint density at radius 3 is 2.70 bits per heavy atom. The van der Waals surface area contributed by atoms with Gasteiger partial charge in [-0.2, -0.15) is 11.8 Å². The van der Waals surface area contributed by atoms with Gasteiger partial charge in [0.15, 0.2) is 5.96 Å². The highest BCUT2D eigenvalue weighted by atomic mass is 127. The van der Waals surface area contributed by atoms with Crippen LogP contribution in [0.1, 0.15) is 18.4 Å². The Morgan fingerprint density at radius 2 is 2.10 bits per heavy atom. The van der Waals surface area contributed by atoms with Gasteiger partial charge in [0.05, 0.1) is 0 Å². The van der Waals surface area contributed by atoms with Crippen LogP contribution in [0.3, 0.4) is 0 Å². The van der Waals surface area contributed by atoms with Gasteiger partial charge in [0.1, 0.15) is 0 Å². The van der Waals surface area contributed by atoms with Crippen LogP contribution in [-0.4, -0.2) is 30.6 Å². The molecule has 0 bridgehead atoms. The molecule has 0 aromatic heterocycles. The summed E-state index contributed by atoms with van der Waals surface area (Å²) in [5.74, 6) is 2.19. The summed E-state index contributed by atoms with van der Waals surface area (Å²) in [6.07, 6.45) is 2.67. The van der Waals surface area contributed by atoms with Gasteiger partial charge in [-0.05, 0) is 36.3 Å². The van der Waals surface area contributed by atoms with Crippen LogP contribution in [0.25, 0.3) is 0 Å². The molecule has 1 aromatic rings. The van der Waals surface area contributed by atoms with Crippen LogP contribution in [0.4, 0.5) is 0 Å². The van der Waals surface area contributed by atoms with Crippen molar-refractivity contribution in [3.05, 3.63) is 34.3 Å². The van der Waals surface area contributed by atoms with Crippen molar-refractivity contribution < 1.29 is 0 Å². The Balaban J connectivity index is 0.00000200. The molecule has 1 unspecified atom stereocenters. The minimum atomic E-state index is 0. The van der Waals surface area contributed by atoms with E-state index < -0.39 is 0 Å². The van der Waals surface area contributed by atoms with Crippen LogP contribution in [0.15, 0.2) is 33.7 Å². The fourth-order valence-electron chi connectivity index (χ4n) is 2.02. The lowest BCUT2D eigenvalue weighted by Crippen LogP contribution is -2.39. The highest BCUT2D eigenvalue weighted by Gasteiger charge is 2.15. The van der Waals surface area contributed by atoms with Crippen LogP contribution in [0, 0.1) is 0 Å². The number of halogens is 2. The average Bonchev–Trinajstić information content (AvgIpc) is 2.94. The van der Waals surface area contributed by atoms with Crippen LogP contribution in [0.2, 0.25) is 0 Å². The molecular weight excluding hydrogens is 449 g/mol. The van der Waals surface area contributed by atoms with Crippen molar-refractivity contribution >= 4 is 57.6 Å². The van der Waals surface area contributed by atoms with Gasteiger partial charge >= 0.3 is 0 Å². The number of rotatable bonds is 4. The van der Waals surface area contributed by atoms with Crippen molar-refractivity contribution in [2.75, 3.05) is 19.3 Å². The molecule has 0 aliphatic carbocycles. The number of nitrogens with one attached hydrogen (secondary N) is 2. The van der Waals surface area contributed by atoms with Gasteiger partial charge < -0.3 is 10.6 Å². The summed E-state index contributed by atoms with van der Waals surface area (Å²) in [4.78, 5) is 4.26. The van der Waals surface area contributed by atoms with E-state index in [1.165, 1.54) is 24.2 Å². The Morgan fingerprint density at radius 1 is 1.35 bits per heavy atom. The van der Waals surface area contributed by atoms with Crippen molar-refractivity contribution in [3.63, 3.8) is 0 Å². The largest absolute Gasteiger partial charge is 0.355 e. The van der Waals surface area contributed by atoms with E-state index >= 15 is 0 Å². The van der Waals surface area contributed by atoms with Gasteiger partial charge in [0.2, 0.25) is 0 Å². The van der Waals surface area contributed by atoms with E-state index in [2.05, 4.69) is 67.6 Å². The van der Waals surface area contributed by atoms with Crippen LogP contribution < -0.4 is 10.6 Å². The second-order valence-corrected chi connectivity index (χ2v) is 6.89. The monoisotopic (exact) mass is 469 g/mol. The quantitative estimate of drug-likeness (QED) is 0.401. The maximum atomic E-state index is 4.26. The smallest absolute Gasteiger partial charge is 0.191 e. The topological polar surface area (TPSA) is 36.4 Å². The third-order valence-corrected chi connectivity index (χ3v) is 5.04. The predicted octanol–water partition coefficient (Wildman–Crippen LogP) is 3.63. The van der Waals surface area contributed by atoms with Crippen LogP contribution in [-0.2, 0) is 6.54 Å². The second-order valence-electron chi connectivity index (χ2n) is 4.57. The van der Waals surface area contributed by atoms with E-state index in [1.807, 2.05) is 7.05 Å². The van der Waals surface area contributed by atoms with Gasteiger partial charge in [0, 0.05) is 29.9 Å². The predicted molar refractivity (Wildman–Crippen MR) is 103 cm³/mol. The molecule has 0 spiro atoms. The molecule has 1 aliphatic heterocycles. The first-order valence-corrected chi connectivity index (χ1v) is 8.42. The lowest BCUT2D eigenvalue weighted by Gasteiger charge is -2.14. The van der Waals surface area contributed by atoms with Gasteiger partial charge in [-0.1, -0.05) is 28.1 Å². The first-order chi connectivity index (χ1) is 9.28. The van der Waals surface area contributed by atoms with E-state index in [0.717, 1.165) is 28.8 Å². The zero-order valence-electron chi connectivity index (χ0n) is 11.6. The molecule has 0 radical (unpaired) electrons. The molecule has 2 rings (SSSR count). The fraction of sp³-hybridized carbons (Fsp3) is 0.500. The zero-order valence-corrected chi connectivity index (χ0v) is 16.3. The van der Waals surface area contributed by atoms with Crippen molar-refractivity contribution in [3.8, 4) is 0 Å². The molecule has 1 aromatic carbocycles. The molecule has 2 N–H and O–H groups in total. The minimum Gasteiger partial charge on any atom is -0.355 e. The molecule has 1 heterocycles. The first kappa shape index (κ1) is 18.1. The third kappa shape index (κ3) is 6.22. The Labute approximate surface area is 150 Å². The molecule has 1 fully saturated rings. The van der Waals surface area contributed by atoms with E-state index in [4.69, 9.17) is 0 Å². The van der Waals surface area contributed by atoms with Crippen LogP contribution >= 0.6 is 51.7 Å². The normalized spacial score (nSPS) is 18.5. The summed E-state index contributed by atoms with van der Waals surface area (Å²) in [7, 11) is 1.82. The maximum Gasteiger partial charge on any atom is 0.191 e. The number of benzene rings is 1. The minimum absolute atomic E-state index is 0. The molecule has 112 valence electrons. The Hall–Kier alpha value is 0.0500. The molecular formula is C14H21BrIN3S. The molecule has 6 heteroatoms. The van der Waals surface area contributed by atoms with Gasteiger partial charge in [-0.3, -0.25) is 4.99 Å². The van der Waals surface area contributed by atoms with Crippen molar-refractivity contribution in [2.45, 2.75) is 24.6 Å². The summed E-state index contributed by atoms with van der Waals surface area (Å²) >= 11 is 5.50. The van der Waals surface area contributed by atoms with E-state index in [-0.39, 0.29) is 24.0 Å². The molecule has 1 saturated heterocycles. The average molecular weight is 470 g/mol. The molecule has 1 atom stereocenters. The number of thioether (sulfide) groups is 1. The number of nitrogens with zero attached hydrogens (tertiary/aromatic N) is 1. The summed E-state index contributed by atoms with van der Waals surface area (Å²) in [6, 6.07) is 8.33. The van der Waals surface area contributed by atoms with Gasteiger partial charge in [-0.15, -0.1) is 24.0 Å². The SMILES string of the molecule is CN=C(NCc1ccc(Br)cc1)NCC1CCCS1.I. The summed E-state index contributed by atoms with van der Waals surface area (Å²) in [6.45, 7) is 1.80. The lowest BCUT2D eigenvalue weighted by atomic mass is 10.2.